The first-order chi connectivity index (χ1) is 12.8. The minimum atomic E-state index is 0.443. The predicted molar refractivity (Wildman–Crippen MR) is 104 cm³/mol. The minimum absolute atomic E-state index is 0.443. The topological polar surface area (TPSA) is 75.6 Å². The summed E-state index contributed by atoms with van der Waals surface area (Å²) in [6, 6.07) is 17.5. The molecule has 0 fully saturated rings. The number of hydrogen-bond donors (Lipinski definition) is 2. The molecule has 128 valence electrons. The highest BCUT2D eigenvalue weighted by Gasteiger charge is 2.05. The second-order valence-electron chi connectivity index (χ2n) is 5.65. The molecular formula is C19H15ClN6. The van der Waals surface area contributed by atoms with Crippen molar-refractivity contribution in [3.63, 3.8) is 0 Å². The van der Waals surface area contributed by atoms with Gasteiger partial charge in [-0.2, -0.15) is 10.1 Å². The van der Waals surface area contributed by atoms with Gasteiger partial charge in [0.2, 0.25) is 5.95 Å². The number of hydrogen-bond acceptors (Lipinski definition) is 6. The molecule has 0 atom stereocenters. The van der Waals surface area contributed by atoms with Crippen LogP contribution in [0, 0.1) is 0 Å². The molecule has 0 radical (unpaired) electrons. The number of halogens is 1. The molecule has 0 unspecified atom stereocenters. The lowest BCUT2D eigenvalue weighted by molar-refractivity contribution is 0.949. The molecule has 2 aromatic heterocycles. The average molecular weight is 363 g/mol. The van der Waals surface area contributed by atoms with Crippen molar-refractivity contribution in [2.45, 2.75) is 6.54 Å². The maximum Gasteiger partial charge on any atom is 0.244 e. The molecule has 0 aliphatic rings. The van der Waals surface area contributed by atoms with Gasteiger partial charge in [0.1, 0.15) is 0 Å². The molecule has 6 nitrogen and oxygen atoms in total. The summed E-state index contributed by atoms with van der Waals surface area (Å²) in [6.07, 6.45) is 3.35. The van der Waals surface area contributed by atoms with Crippen molar-refractivity contribution < 1.29 is 0 Å². The Bertz CT molecular complexity index is 1030. The number of nitrogens with one attached hydrogen (secondary N) is 2. The van der Waals surface area contributed by atoms with Gasteiger partial charge in [-0.3, -0.25) is 4.98 Å². The third-order valence-corrected chi connectivity index (χ3v) is 4.07. The van der Waals surface area contributed by atoms with Crippen LogP contribution < -0.4 is 10.6 Å². The lowest BCUT2D eigenvalue weighted by Gasteiger charge is -2.09. The highest BCUT2D eigenvalue weighted by molar-refractivity contribution is 6.30. The monoisotopic (exact) mass is 362 g/mol. The Kier molecular flexibility index (Phi) is 4.57. The Hall–Kier alpha value is -3.25. The molecule has 2 N–H and O–H groups in total. The van der Waals surface area contributed by atoms with Crippen LogP contribution in [0.4, 0.5) is 17.5 Å². The SMILES string of the molecule is Clc1ccc(CNc2nncc(Nc3cccc4cccnc34)n2)cc1. The van der Waals surface area contributed by atoms with Crippen LogP contribution in [0.5, 0.6) is 0 Å². The molecular weight excluding hydrogens is 348 g/mol. The second-order valence-corrected chi connectivity index (χ2v) is 6.09. The minimum Gasteiger partial charge on any atom is -0.349 e. The standard InChI is InChI=1S/C19H15ClN6/c20-15-8-6-13(7-9-15)11-22-19-25-17(12-23-26-19)24-16-5-1-3-14-4-2-10-21-18(14)16/h1-10,12H,11H2,(H2,22,24,25,26). The van der Waals surface area contributed by atoms with Crippen molar-refractivity contribution in [3.8, 4) is 0 Å². The number of pyridine rings is 1. The number of para-hydroxylation sites is 1. The van der Waals surface area contributed by atoms with Crippen molar-refractivity contribution in [3.05, 3.63) is 77.6 Å². The molecule has 0 saturated carbocycles. The number of fused-ring (bicyclic) bond motifs is 1. The quantitative estimate of drug-likeness (QED) is 0.547. The van der Waals surface area contributed by atoms with Gasteiger partial charge in [0.05, 0.1) is 17.4 Å². The Labute approximate surface area is 155 Å². The maximum absolute atomic E-state index is 5.90. The fourth-order valence-electron chi connectivity index (χ4n) is 2.57. The summed E-state index contributed by atoms with van der Waals surface area (Å²) in [4.78, 5) is 8.89. The van der Waals surface area contributed by atoms with Crippen LogP contribution in [0.3, 0.4) is 0 Å². The highest BCUT2D eigenvalue weighted by Crippen LogP contribution is 2.23. The second kappa shape index (κ2) is 7.33. The Morgan fingerprint density at radius 1 is 0.962 bits per heavy atom. The third-order valence-electron chi connectivity index (χ3n) is 3.82. The molecule has 0 bridgehead atoms. The number of anilines is 3. The van der Waals surface area contributed by atoms with Crippen molar-refractivity contribution in [2.24, 2.45) is 0 Å². The van der Waals surface area contributed by atoms with E-state index in [1.807, 2.05) is 54.6 Å². The first kappa shape index (κ1) is 16.2. The van der Waals surface area contributed by atoms with E-state index in [2.05, 4.69) is 30.8 Å². The molecule has 0 spiro atoms. The van der Waals surface area contributed by atoms with E-state index >= 15 is 0 Å². The lowest BCUT2D eigenvalue weighted by Crippen LogP contribution is -2.06. The van der Waals surface area contributed by atoms with Gasteiger partial charge in [0.25, 0.3) is 0 Å². The Balaban J connectivity index is 1.51. The van der Waals surface area contributed by atoms with Gasteiger partial charge in [-0.25, -0.2) is 0 Å². The van der Waals surface area contributed by atoms with Gasteiger partial charge < -0.3 is 10.6 Å². The fraction of sp³-hybridized carbons (Fsp3) is 0.0526. The number of nitrogens with zero attached hydrogens (tertiary/aromatic N) is 4. The van der Waals surface area contributed by atoms with Gasteiger partial charge in [0.15, 0.2) is 5.82 Å². The summed E-state index contributed by atoms with van der Waals surface area (Å²) in [5.74, 6) is 1.04. The van der Waals surface area contributed by atoms with Crippen LogP contribution in [-0.2, 0) is 6.54 Å². The van der Waals surface area contributed by atoms with E-state index in [9.17, 15) is 0 Å². The molecule has 26 heavy (non-hydrogen) atoms. The van der Waals surface area contributed by atoms with Crippen molar-refractivity contribution in [1.29, 1.82) is 0 Å². The predicted octanol–water partition coefficient (Wildman–Crippen LogP) is 4.43. The first-order valence-electron chi connectivity index (χ1n) is 8.07. The van der Waals surface area contributed by atoms with Crippen LogP contribution in [0.25, 0.3) is 10.9 Å². The van der Waals surface area contributed by atoms with Crippen LogP contribution in [-0.4, -0.2) is 20.2 Å². The van der Waals surface area contributed by atoms with Gasteiger partial charge in [-0.15, -0.1) is 5.10 Å². The normalized spacial score (nSPS) is 10.7. The first-order valence-corrected chi connectivity index (χ1v) is 8.44. The third kappa shape index (κ3) is 3.70. The summed E-state index contributed by atoms with van der Waals surface area (Å²) in [5.41, 5.74) is 2.83. The fourth-order valence-corrected chi connectivity index (χ4v) is 2.69. The molecule has 2 aromatic carbocycles. The van der Waals surface area contributed by atoms with Gasteiger partial charge in [-0.1, -0.05) is 41.9 Å². The van der Waals surface area contributed by atoms with E-state index in [0.717, 1.165) is 22.2 Å². The molecule has 0 saturated heterocycles. The van der Waals surface area contributed by atoms with Crippen LogP contribution in [0.2, 0.25) is 5.02 Å². The smallest absolute Gasteiger partial charge is 0.244 e. The summed E-state index contributed by atoms with van der Waals surface area (Å²) in [7, 11) is 0. The van der Waals surface area contributed by atoms with Crippen molar-refractivity contribution >= 4 is 40.0 Å². The van der Waals surface area contributed by atoms with Gasteiger partial charge >= 0.3 is 0 Å². The summed E-state index contributed by atoms with van der Waals surface area (Å²) >= 11 is 5.90. The maximum atomic E-state index is 5.90. The molecule has 4 aromatic rings. The van der Waals surface area contributed by atoms with Crippen LogP contribution >= 0.6 is 11.6 Å². The molecule has 0 amide bonds. The van der Waals surface area contributed by atoms with Gasteiger partial charge in [-0.05, 0) is 29.8 Å². The number of rotatable bonds is 5. The van der Waals surface area contributed by atoms with Crippen molar-refractivity contribution in [1.82, 2.24) is 20.2 Å². The van der Waals surface area contributed by atoms with E-state index in [1.165, 1.54) is 0 Å². The lowest BCUT2D eigenvalue weighted by atomic mass is 10.2. The summed E-state index contributed by atoms with van der Waals surface area (Å²) in [5, 5.41) is 16.2. The number of aromatic nitrogens is 4. The Morgan fingerprint density at radius 3 is 2.69 bits per heavy atom. The summed E-state index contributed by atoms with van der Waals surface area (Å²) in [6.45, 7) is 0.581. The van der Waals surface area contributed by atoms with Crippen LogP contribution in [0.15, 0.2) is 67.0 Å². The van der Waals surface area contributed by atoms with E-state index in [4.69, 9.17) is 11.6 Å². The van der Waals surface area contributed by atoms with E-state index in [0.29, 0.717) is 23.3 Å². The van der Waals surface area contributed by atoms with E-state index < -0.39 is 0 Å². The average Bonchev–Trinajstić information content (AvgIpc) is 2.68. The van der Waals surface area contributed by atoms with Gasteiger partial charge in [0, 0.05) is 23.2 Å². The zero-order chi connectivity index (χ0) is 17.8. The van der Waals surface area contributed by atoms with Crippen LogP contribution in [0.1, 0.15) is 5.56 Å². The zero-order valence-electron chi connectivity index (χ0n) is 13.7. The van der Waals surface area contributed by atoms with E-state index in [1.54, 1.807) is 12.4 Å². The summed E-state index contributed by atoms with van der Waals surface area (Å²) < 4.78 is 0. The molecule has 7 heteroatoms. The zero-order valence-corrected chi connectivity index (χ0v) is 14.5. The van der Waals surface area contributed by atoms with Crippen molar-refractivity contribution in [2.75, 3.05) is 10.6 Å². The number of benzene rings is 2. The molecule has 0 aliphatic carbocycles. The molecule has 2 heterocycles. The van der Waals surface area contributed by atoms with E-state index in [-0.39, 0.29) is 0 Å². The molecule has 4 rings (SSSR count). The highest BCUT2D eigenvalue weighted by atomic mass is 35.5. The molecule has 0 aliphatic heterocycles. The Morgan fingerprint density at radius 2 is 1.81 bits per heavy atom. The largest absolute Gasteiger partial charge is 0.349 e.